The minimum absolute atomic E-state index is 0.196. The molecule has 0 aliphatic heterocycles. The summed E-state index contributed by atoms with van der Waals surface area (Å²) >= 11 is 1.15. The number of hydrogen-bond donors (Lipinski definition) is 1. The molecule has 0 bridgehead atoms. The molecular formula is C9H7N7O2S. The average molecular weight is 281 g/mol. The summed E-state index contributed by atoms with van der Waals surface area (Å²) in [5, 5.41) is 11.9. The number of aromatic amines is 1. The van der Waals surface area contributed by atoms with Crippen molar-refractivity contribution in [2.45, 2.75) is 10.1 Å². The zero-order valence-electron chi connectivity index (χ0n) is 9.64. The fourth-order valence-corrected chi connectivity index (χ4v) is 2.51. The van der Waals surface area contributed by atoms with Crippen molar-refractivity contribution in [3.05, 3.63) is 29.1 Å². The van der Waals surface area contributed by atoms with Crippen LogP contribution in [0.15, 0.2) is 29.0 Å². The Labute approximate surface area is 110 Å². The molecule has 3 rings (SSSR count). The number of hydrogen-bond acceptors (Lipinski definition) is 7. The van der Waals surface area contributed by atoms with Gasteiger partial charge in [-0.1, -0.05) is 0 Å². The molecule has 0 amide bonds. The first-order chi connectivity index (χ1) is 9.16. The van der Waals surface area contributed by atoms with Crippen LogP contribution in [0.2, 0.25) is 0 Å². The highest BCUT2D eigenvalue weighted by atomic mass is 32.2. The van der Waals surface area contributed by atoms with Crippen LogP contribution in [0, 0.1) is 10.1 Å². The number of aromatic nitrogens is 6. The van der Waals surface area contributed by atoms with Gasteiger partial charge in [-0.25, -0.2) is 15.0 Å². The van der Waals surface area contributed by atoms with E-state index in [0.717, 1.165) is 11.8 Å². The highest BCUT2D eigenvalue weighted by Gasteiger charge is 2.22. The molecule has 9 nitrogen and oxygen atoms in total. The van der Waals surface area contributed by atoms with Gasteiger partial charge in [0.05, 0.1) is 6.33 Å². The van der Waals surface area contributed by atoms with E-state index in [0.29, 0.717) is 21.2 Å². The zero-order valence-corrected chi connectivity index (χ0v) is 10.5. The molecule has 10 heteroatoms. The lowest BCUT2D eigenvalue weighted by Gasteiger charge is -2.01. The van der Waals surface area contributed by atoms with Gasteiger partial charge in [-0.3, -0.25) is 0 Å². The minimum Gasteiger partial charge on any atom is -0.358 e. The Morgan fingerprint density at radius 1 is 1.37 bits per heavy atom. The fraction of sp³-hybridized carbons (Fsp3) is 0.111. The van der Waals surface area contributed by atoms with Gasteiger partial charge >= 0.3 is 5.82 Å². The van der Waals surface area contributed by atoms with Gasteiger partial charge in [0.1, 0.15) is 16.9 Å². The lowest BCUT2D eigenvalue weighted by atomic mass is 10.6. The molecule has 0 spiro atoms. The lowest BCUT2D eigenvalue weighted by Crippen LogP contribution is -1.95. The Hall–Kier alpha value is -2.49. The molecule has 0 aromatic carbocycles. The fourth-order valence-electron chi connectivity index (χ4n) is 1.56. The smallest absolute Gasteiger partial charge is 0.358 e. The maximum absolute atomic E-state index is 10.9. The summed E-state index contributed by atoms with van der Waals surface area (Å²) in [5.74, 6) is -0.196. The third-order valence-corrected chi connectivity index (χ3v) is 3.59. The zero-order chi connectivity index (χ0) is 13.4. The molecule has 0 saturated heterocycles. The van der Waals surface area contributed by atoms with Gasteiger partial charge in [0.2, 0.25) is 6.33 Å². The van der Waals surface area contributed by atoms with Crippen LogP contribution in [0.5, 0.6) is 0 Å². The maximum atomic E-state index is 10.9. The van der Waals surface area contributed by atoms with E-state index in [1.165, 1.54) is 19.0 Å². The number of nitro groups is 1. The number of aryl methyl sites for hydroxylation is 1. The first kappa shape index (κ1) is 11.6. The summed E-state index contributed by atoms with van der Waals surface area (Å²) in [5.41, 5.74) is 1.16. The lowest BCUT2D eigenvalue weighted by molar-refractivity contribution is -0.392. The number of nitrogens with zero attached hydrogens (tertiary/aromatic N) is 6. The van der Waals surface area contributed by atoms with E-state index in [1.807, 2.05) is 0 Å². The number of imidazole rings is 2. The molecule has 1 N–H and O–H groups in total. The summed E-state index contributed by atoms with van der Waals surface area (Å²) in [6.07, 6.45) is 4.26. The minimum atomic E-state index is -0.520. The van der Waals surface area contributed by atoms with Gasteiger partial charge in [0, 0.05) is 7.05 Å². The summed E-state index contributed by atoms with van der Waals surface area (Å²) in [4.78, 5) is 29.2. The van der Waals surface area contributed by atoms with Crippen LogP contribution in [0.25, 0.3) is 11.2 Å². The molecule has 0 saturated carbocycles. The molecule has 0 radical (unpaired) electrons. The normalized spacial score (nSPS) is 11.0. The molecule has 0 aliphatic carbocycles. The SMILES string of the molecule is [13CH3]n1[13cH]n[13c]([N+](=O)[O-])[13c]1Sc1ncnc2nc[nH]c12. The Morgan fingerprint density at radius 2 is 2.21 bits per heavy atom. The van der Waals surface area contributed by atoms with Crippen molar-refractivity contribution in [1.82, 2.24) is 29.5 Å². The van der Waals surface area contributed by atoms with E-state index in [4.69, 9.17) is 0 Å². The van der Waals surface area contributed by atoms with Crippen LogP contribution in [-0.2, 0) is 7.05 Å². The first-order valence-electron chi connectivity index (χ1n) is 5.14. The number of H-pyrrole nitrogens is 1. The Morgan fingerprint density at radius 3 is 3.00 bits per heavy atom. The largest absolute Gasteiger partial charge is 0.396 e. The van der Waals surface area contributed by atoms with Crippen molar-refractivity contribution in [2.75, 3.05) is 0 Å². The molecule has 3 aromatic rings. The molecule has 0 unspecified atom stereocenters. The predicted octanol–water partition coefficient (Wildman–Crippen LogP) is 1.15. The van der Waals surface area contributed by atoms with Crippen LogP contribution in [0.3, 0.4) is 0 Å². The number of fused-ring (bicyclic) bond motifs is 1. The van der Waals surface area contributed by atoms with Crippen molar-refractivity contribution in [1.29, 1.82) is 0 Å². The van der Waals surface area contributed by atoms with E-state index in [2.05, 4.69) is 24.9 Å². The van der Waals surface area contributed by atoms with Gasteiger partial charge in [0.15, 0.2) is 10.7 Å². The Kier molecular flexibility index (Phi) is 2.63. The van der Waals surface area contributed by atoms with E-state index < -0.39 is 4.92 Å². The summed E-state index contributed by atoms with van der Waals surface area (Å²) in [6, 6.07) is 0. The van der Waals surface area contributed by atoms with E-state index in [9.17, 15) is 10.1 Å². The summed E-state index contributed by atoms with van der Waals surface area (Å²) in [6.45, 7) is 0. The quantitative estimate of drug-likeness (QED) is 0.331. The van der Waals surface area contributed by atoms with Crippen molar-refractivity contribution < 1.29 is 4.92 Å². The second-order valence-electron chi connectivity index (χ2n) is 3.62. The molecule has 96 valence electrons. The standard InChI is InChI=1S/C9H7N7O2S/c1-15-4-14-7(16(17)18)9(15)19-8-5-6(11-2-10-5)12-3-13-8/h2-4H,1H3,(H,10,11,12,13)/i1+1,4+1,7+1,9+1. The molecular weight excluding hydrogens is 274 g/mol. The van der Waals surface area contributed by atoms with Gasteiger partial charge in [-0.2, -0.15) is 0 Å². The van der Waals surface area contributed by atoms with Gasteiger partial charge in [-0.05, 0) is 21.7 Å². The van der Waals surface area contributed by atoms with Crippen LogP contribution in [-0.4, -0.2) is 34.4 Å². The highest BCUT2D eigenvalue weighted by molar-refractivity contribution is 7.99. The van der Waals surface area contributed by atoms with Gasteiger partial charge in [0.25, 0.3) is 0 Å². The van der Waals surface area contributed by atoms with Crippen molar-refractivity contribution in [2.24, 2.45) is 7.05 Å². The second kappa shape index (κ2) is 4.31. The van der Waals surface area contributed by atoms with Crippen molar-refractivity contribution in [3.8, 4) is 0 Å². The molecule has 0 atom stereocenters. The van der Waals surface area contributed by atoms with E-state index in [-0.39, 0.29) is 5.82 Å². The number of rotatable bonds is 3. The highest BCUT2D eigenvalue weighted by Crippen LogP contribution is 2.34. The van der Waals surface area contributed by atoms with E-state index >= 15 is 0 Å². The van der Waals surface area contributed by atoms with Crippen molar-refractivity contribution in [3.63, 3.8) is 0 Å². The van der Waals surface area contributed by atoms with Crippen LogP contribution in [0.4, 0.5) is 5.82 Å². The topological polar surface area (TPSA) is 115 Å². The third kappa shape index (κ3) is 1.91. The average Bonchev–Trinajstić information content (AvgIpc) is 2.97. The van der Waals surface area contributed by atoms with Crippen LogP contribution >= 0.6 is 11.8 Å². The predicted molar refractivity (Wildman–Crippen MR) is 65.7 cm³/mol. The first-order valence-corrected chi connectivity index (χ1v) is 5.96. The van der Waals surface area contributed by atoms with Gasteiger partial charge in [-0.15, -0.1) is 0 Å². The second-order valence-corrected chi connectivity index (χ2v) is 4.60. The monoisotopic (exact) mass is 281 g/mol. The summed E-state index contributed by atoms with van der Waals surface area (Å²) < 4.78 is 1.58. The summed E-state index contributed by atoms with van der Waals surface area (Å²) in [7, 11) is 1.69. The molecule has 19 heavy (non-hydrogen) atoms. The maximum Gasteiger partial charge on any atom is 0.396 e. The third-order valence-electron chi connectivity index (χ3n) is 2.42. The Balaban J connectivity index is 2.08. The molecule has 3 aromatic heterocycles. The van der Waals surface area contributed by atoms with Crippen LogP contribution in [0.1, 0.15) is 0 Å². The van der Waals surface area contributed by atoms with E-state index in [1.54, 1.807) is 11.6 Å². The van der Waals surface area contributed by atoms with Crippen molar-refractivity contribution >= 4 is 28.7 Å². The van der Waals surface area contributed by atoms with Crippen LogP contribution < -0.4 is 0 Å². The molecule has 0 aliphatic rings. The Bertz CT molecular complexity index is 765. The molecule has 0 fully saturated rings. The molecule has 3 heterocycles. The van der Waals surface area contributed by atoms with Gasteiger partial charge < -0.3 is 19.7 Å². The number of nitrogens with one attached hydrogen (secondary N) is 1.